The molecule has 7 heteroatoms. The summed E-state index contributed by atoms with van der Waals surface area (Å²) in [5.41, 5.74) is 2.01. The van der Waals surface area contributed by atoms with E-state index in [9.17, 15) is 4.79 Å². The number of fused-ring (bicyclic) bond motifs is 1. The Kier molecular flexibility index (Phi) is 5.61. The Morgan fingerprint density at radius 2 is 1.74 bits per heavy atom. The largest absolute Gasteiger partial charge is 0.496 e. The monoisotopic (exact) mass is 369 g/mol. The van der Waals surface area contributed by atoms with Crippen molar-refractivity contribution >= 4 is 23.1 Å². The van der Waals surface area contributed by atoms with Gasteiger partial charge in [-0.3, -0.25) is 0 Å². The maximum atomic E-state index is 12.0. The fourth-order valence-corrected chi connectivity index (χ4v) is 2.50. The summed E-state index contributed by atoms with van der Waals surface area (Å²) in [5.74, 6) is 1.40. The molecule has 0 saturated heterocycles. The zero-order valence-electron chi connectivity index (χ0n) is 15.2. The van der Waals surface area contributed by atoms with Gasteiger partial charge in [0, 0.05) is 17.7 Å². The molecule has 1 aromatic heterocycles. The predicted molar refractivity (Wildman–Crippen MR) is 98.9 cm³/mol. The normalized spacial score (nSPS) is 10.9. The van der Waals surface area contributed by atoms with E-state index < -0.39 is 5.97 Å². The fourth-order valence-electron chi connectivity index (χ4n) is 2.50. The summed E-state index contributed by atoms with van der Waals surface area (Å²) in [5, 5.41) is 0. The molecule has 3 aromatic rings. The molecular weight excluding hydrogens is 350 g/mol. The third-order valence-corrected chi connectivity index (χ3v) is 3.81. The molecule has 1 heterocycles. The Morgan fingerprint density at radius 1 is 1.04 bits per heavy atom. The minimum absolute atomic E-state index is 0.0546. The molecule has 0 unspecified atom stereocenters. The number of methoxy groups -OCH3 is 3. The summed E-state index contributed by atoms with van der Waals surface area (Å²) in [7, 11) is 4.60. The lowest BCUT2D eigenvalue weighted by Crippen LogP contribution is -2.01. The molecule has 7 nitrogen and oxygen atoms in total. The van der Waals surface area contributed by atoms with Gasteiger partial charge in [-0.1, -0.05) is 12.1 Å². The molecule has 0 saturated carbocycles. The number of benzene rings is 2. The van der Waals surface area contributed by atoms with Crippen LogP contribution in [-0.2, 0) is 16.1 Å². The third-order valence-electron chi connectivity index (χ3n) is 3.81. The van der Waals surface area contributed by atoms with Gasteiger partial charge in [0.05, 0.1) is 21.3 Å². The Bertz CT molecular complexity index is 943. The van der Waals surface area contributed by atoms with Crippen molar-refractivity contribution < 1.29 is 28.2 Å². The highest BCUT2D eigenvalue weighted by molar-refractivity contribution is 5.88. The van der Waals surface area contributed by atoms with E-state index in [0.717, 1.165) is 0 Å². The number of ether oxygens (including phenoxy) is 4. The van der Waals surface area contributed by atoms with Crippen molar-refractivity contribution in [2.24, 2.45) is 0 Å². The number of carbonyl (C=O) groups excluding carboxylic acids is 1. The maximum absolute atomic E-state index is 12.0. The van der Waals surface area contributed by atoms with Crippen molar-refractivity contribution in [3.05, 3.63) is 53.9 Å². The van der Waals surface area contributed by atoms with Gasteiger partial charge in [0.2, 0.25) is 5.89 Å². The van der Waals surface area contributed by atoms with Gasteiger partial charge in [0.15, 0.2) is 23.7 Å². The lowest BCUT2D eigenvalue weighted by Gasteiger charge is -2.12. The van der Waals surface area contributed by atoms with E-state index in [1.165, 1.54) is 27.4 Å². The molecule has 0 amide bonds. The second kappa shape index (κ2) is 8.27. The van der Waals surface area contributed by atoms with Gasteiger partial charge in [-0.05, 0) is 24.3 Å². The van der Waals surface area contributed by atoms with Crippen LogP contribution in [-0.4, -0.2) is 32.3 Å². The lowest BCUT2D eigenvalue weighted by atomic mass is 10.1. The molecule has 0 fully saturated rings. The topological polar surface area (TPSA) is 80.0 Å². The fraction of sp³-hybridized carbons (Fsp3) is 0.200. The van der Waals surface area contributed by atoms with E-state index >= 15 is 0 Å². The highest BCUT2D eigenvalue weighted by atomic mass is 16.5. The first-order valence-corrected chi connectivity index (χ1v) is 8.14. The van der Waals surface area contributed by atoms with E-state index in [-0.39, 0.29) is 6.61 Å². The summed E-state index contributed by atoms with van der Waals surface area (Å²) in [6.45, 7) is -0.0546. The number of nitrogens with zero attached hydrogens (tertiary/aromatic N) is 1. The number of oxazole rings is 1. The molecule has 0 aliphatic rings. The Balaban J connectivity index is 1.68. The van der Waals surface area contributed by atoms with Crippen LogP contribution >= 0.6 is 0 Å². The van der Waals surface area contributed by atoms with Crippen LogP contribution in [0.4, 0.5) is 0 Å². The van der Waals surface area contributed by atoms with Crippen molar-refractivity contribution in [2.45, 2.75) is 6.61 Å². The van der Waals surface area contributed by atoms with E-state index in [4.69, 9.17) is 23.4 Å². The van der Waals surface area contributed by atoms with E-state index in [2.05, 4.69) is 4.98 Å². The number of rotatable bonds is 7. The van der Waals surface area contributed by atoms with Gasteiger partial charge in [-0.25, -0.2) is 9.78 Å². The predicted octanol–water partition coefficient (Wildman–Crippen LogP) is 3.61. The van der Waals surface area contributed by atoms with E-state index in [1.54, 1.807) is 24.3 Å². The van der Waals surface area contributed by atoms with E-state index in [1.807, 2.05) is 18.2 Å². The molecular formula is C20H19NO6. The molecule has 2 aromatic carbocycles. The van der Waals surface area contributed by atoms with Crippen LogP contribution in [0, 0.1) is 0 Å². The number of esters is 1. The maximum Gasteiger partial charge on any atom is 0.331 e. The number of hydrogen-bond donors (Lipinski definition) is 0. The molecule has 0 aliphatic heterocycles. The molecule has 140 valence electrons. The van der Waals surface area contributed by atoms with Crippen molar-refractivity contribution in [1.82, 2.24) is 4.98 Å². The van der Waals surface area contributed by atoms with Crippen LogP contribution in [0.2, 0.25) is 0 Å². The van der Waals surface area contributed by atoms with Crippen molar-refractivity contribution in [3.8, 4) is 17.2 Å². The van der Waals surface area contributed by atoms with Crippen LogP contribution in [0.15, 0.2) is 46.9 Å². The van der Waals surface area contributed by atoms with Crippen LogP contribution in [0.3, 0.4) is 0 Å². The highest BCUT2D eigenvalue weighted by Crippen LogP contribution is 2.35. The van der Waals surface area contributed by atoms with Gasteiger partial charge >= 0.3 is 5.97 Å². The summed E-state index contributed by atoms with van der Waals surface area (Å²) >= 11 is 0. The Morgan fingerprint density at radius 3 is 2.44 bits per heavy atom. The summed E-state index contributed by atoms with van der Waals surface area (Å²) < 4.78 is 26.5. The molecule has 0 atom stereocenters. The molecule has 0 N–H and O–H groups in total. The second-order valence-corrected chi connectivity index (χ2v) is 5.47. The molecule has 0 radical (unpaired) electrons. The van der Waals surface area contributed by atoms with Gasteiger partial charge in [0.1, 0.15) is 11.3 Å². The van der Waals surface area contributed by atoms with Crippen molar-refractivity contribution in [2.75, 3.05) is 21.3 Å². The Hall–Kier alpha value is -3.48. The van der Waals surface area contributed by atoms with Crippen LogP contribution < -0.4 is 14.2 Å². The first-order chi connectivity index (χ1) is 13.1. The number of hydrogen-bond acceptors (Lipinski definition) is 7. The van der Waals surface area contributed by atoms with Gasteiger partial charge in [0.25, 0.3) is 0 Å². The Labute approximate surface area is 156 Å². The van der Waals surface area contributed by atoms with Crippen LogP contribution in [0.25, 0.3) is 17.2 Å². The van der Waals surface area contributed by atoms with E-state index in [0.29, 0.717) is 39.8 Å². The molecule has 0 bridgehead atoms. The van der Waals surface area contributed by atoms with Gasteiger partial charge in [-0.2, -0.15) is 0 Å². The number of aromatic nitrogens is 1. The molecule has 3 rings (SSSR count). The molecule has 0 spiro atoms. The van der Waals surface area contributed by atoms with Gasteiger partial charge < -0.3 is 23.4 Å². The first kappa shape index (κ1) is 18.3. The third kappa shape index (κ3) is 4.20. The average Bonchev–Trinajstić information content (AvgIpc) is 3.12. The highest BCUT2D eigenvalue weighted by Gasteiger charge is 2.11. The van der Waals surface area contributed by atoms with Crippen molar-refractivity contribution in [3.63, 3.8) is 0 Å². The standard InChI is InChI=1S/C20H19NO6/c1-23-16-11-18(25-3)17(24-2)10-13(16)8-9-20(22)26-12-19-21-14-6-4-5-7-15(14)27-19/h4-11H,12H2,1-3H3/b9-8+. The smallest absolute Gasteiger partial charge is 0.331 e. The zero-order valence-corrected chi connectivity index (χ0v) is 15.2. The summed E-state index contributed by atoms with van der Waals surface area (Å²) in [4.78, 5) is 16.3. The number of para-hydroxylation sites is 2. The van der Waals surface area contributed by atoms with Gasteiger partial charge in [-0.15, -0.1) is 0 Å². The lowest BCUT2D eigenvalue weighted by molar-refractivity contribution is -0.139. The SMILES string of the molecule is COc1cc(OC)c(OC)cc1/C=C/C(=O)OCc1nc2ccccc2o1. The summed E-state index contributed by atoms with van der Waals surface area (Å²) in [6, 6.07) is 10.7. The second-order valence-electron chi connectivity index (χ2n) is 5.47. The zero-order chi connectivity index (χ0) is 19.2. The molecule has 0 aliphatic carbocycles. The quantitative estimate of drug-likeness (QED) is 0.465. The van der Waals surface area contributed by atoms with Crippen LogP contribution in [0.1, 0.15) is 11.5 Å². The molecule has 27 heavy (non-hydrogen) atoms. The minimum atomic E-state index is -0.533. The number of carbonyl (C=O) groups is 1. The minimum Gasteiger partial charge on any atom is -0.496 e. The van der Waals surface area contributed by atoms with Crippen molar-refractivity contribution in [1.29, 1.82) is 0 Å². The van der Waals surface area contributed by atoms with Crippen LogP contribution in [0.5, 0.6) is 17.2 Å². The first-order valence-electron chi connectivity index (χ1n) is 8.14. The average molecular weight is 369 g/mol. The summed E-state index contributed by atoms with van der Waals surface area (Å²) in [6.07, 6.45) is 2.88.